The van der Waals surface area contributed by atoms with Crippen molar-refractivity contribution in [2.45, 2.75) is 44.2 Å². The maximum Gasteiger partial charge on any atom is 0.224 e. The second-order valence-electron chi connectivity index (χ2n) is 7.52. The fraction of sp³-hybridized carbons (Fsp3) is 0.650. The van der Waals surface area contributed by atoms with Crippen LogP contribution in [0.25, 0.3) is 0 Å². The van der Waals surface area contributed by atoms with Crippen molar-refractivity contribution < 1.29 is 9.53 Å². The van der Waals surface area contributed by atoms with Crippen LogP contribution in [0.15, 0.2) is 30.3 Å². The average molecular weight is 328 g/mol. The van der Waals surface area contributed by atoms with Gasteiger partial charge >= 0.3 is 0 Å². The van der Waals surface area contributed by atoms with Crippen LogP contribution < -0.4 is 5.32 Å². The molecule has 3 heterocycles. The zero-order valence-electron chi connectivity index (χ0n) is 14.3. The van der Waals surface area contributed by atoms with E-state index in [1.165, 1.54) is 18.4 Å². The van der Waals surface area contributed by atoms with Gasteiger partial charge < -0.3 is 10.1 Å². The van der Waals surface area contributed by atoms with E-state index in [9.17, 15) is 4.79 Å². The van der Waals surface area contributed by atoms with Crippen molar-refractivity contribution in [3.63, 3.8) is 0 Å². The van der Waals surface area contributed by atoms with E-state index in [1.54, 1.807) is 0 Å². The molecule has 3 aliphatic heterocycles. The Morgan fingerprint density at radius 2 is 1.96 bits per heavy atom. The van der Waals surface area contributed by atoms with E-state index in [-0.39, 0.29) is 11.8 Å². The highest BCUT2D eigenvalue weighted by Gasteiger charge is 2.46. The predicted octanol–water partition coefficient (Wildman–Crippen LogP) is 2.75. The van der Waals surface area contributed by atoms with Gasteiger partial charge in [-0.2, -0.15) is 0 Å². The number of nitrogens with one attached hydrogen (secondary N) is 1. The predicted molar refractivity (Wildman–Crippen MR) is 93.6 cm³/mol. The highest BCUT2D eigenvalue weighted by Crippen LogP contribution is 2.44. The number of hydrogen-bond acceptors (Lipinski definition) is 3. The molecule has 0 spiro atoms. The molecule has 3 aliphatic rings. The molecule has 1 amide bonds. The zero-order chi connectivity index (χ0) is 16.4. The molecule has 0 radical (unpaired) electrons. The van der Waals surface area contributed by atoms with Crippen LogP contribution in [0, 0.1) is 11.8 Å². The first-order chi connectivity index (χ1) is 11.8. The molecule has 0 aromatic heterocycles. The number of fused-ring (bicyclic) bond motifs is 1. The minimum Gasteiger partial charge on any atom is -0.381 e. The fourth-order valence-corrected chi connectivity index (χ4v) is 4.78. The highest BCUT2D eigenvalue weighted by atomic mass is 16.5. The number of carbonyl (C=O) groups is 1. The summed E-state index contributed by atoms with van der Waals surface area (Å²) in [6.45, 7) is 3.64. The topological polar surface area (TPSA) is 41.6 Å². The minimum absolute atomic E-state index is 0.151. The molecular weight excluding hydrogens is 300 g/mol. The van der Waals surface area contributed by atoms with Gasteiger partial charge in [-0.1, -0.05) is 30.3 Å². The van der Waals surface area contributed by atoms with Crippen molar-refractivity contribution >= 4 is 5.91 Å². The van der Waals surface area contributed by atoms with Crippen LogP contribution in [-0.2, 0) is 9.53 Å². The fourth-order valence-electron chi connectivity index (χ4n) is 4.78. The van der Waals surface area contributed by atoms with E-state index in [0.29, 0.717) is 18.0 Å². The molecule has 1 aromatic rings. The monoisotopic (exact) mass is 328 g/mol. The van der Waals surface area contributed by atoms with Gasteiger partial charge in [-0.15, -0.1) is 0 Å². The van der Waals surface area contributed by atoms with Gasteiger partial charge in [-0.3, -0.25) is 9.69 Å². The van der Waals surface area contributed by atoms with Crippen molar-refractivity contribution in [1.82, 2.24) is 10.2 Å². The van der Waals surface area contributed by atoms with Gasteiger partial charge in [0.1, 0.15) is 0 Å². The standard InChI is InChI=1S/C20H28N2O2/c23-20(21-14-15-8-11-24-12-9-15)17-13-19(16-5-2-1-3-6-16)22-10-4-7-18(17)22/h1-3,5-6,15,17-19H,4,7-14H2,(H,21,23)/t17-,18+,19-/m0/s1. The Labute approximate surface area is 144 Å². The number of nitrogens with zero attached hydrogens (tertiary/aromatic N) is 1. The zero-order valence-corrected chi connectivity index (χ0v) is 14.3. The van der Waals surface area contributed by atoms with E-state index >= 15 is 0 Å². The molecular formula is C20H28N2O2. The summed E-state index contributed by atoms with van der Waals surface area (Å²) < 4.78 is 5.41. The van der Waals surface area contributed by atoms with Crippen LogP contribution in [0.4, 0.5) is 0 Å². The number of ether oxygens (including phenoxy) is 1. The molecule has 0 saturated carbocycles. The third kappa shape index (κ3) is 3.22. The van der Waals surface area contributed by atoms with E-state index in [1.807, 2.05) is 0 Å². The molecule has 4 rings (SSSR count). The Hall–Kier alpha value is -1.39. The SMILES string of the molecule is O=C(NCC1CCOCC1)[C@H]1C[C@@H](c2ccccc2)N2CCC[C@H]12. The molecule has 4 nitrogen and oxygen atoms in total. The normalized spacial score (nSPS) is 31.1. The van der Waals surface area contributed by atoms with E-state index in [0.717, 1.165) is 45.6 Å². The quantitative estimate of drug-likeness (QED) is 0.924. The first-order valence-corrected chi connectivity index (χ1v) is 9.49. The van der Waals surface area contributed by atoms with Gasteiger partial charge in [-0.25, -0.2) is 0 Å². The van der Waals surface area contributed by atoms with Crippen LogP contribution in [0.2, 0.25) is 0 Å². The maximum absolute atomic E-state index is 12.8. The Kier molecular flexibility index (Phi) is 4.86. The van der Waals surface area contributed by atoms with Crippen LogP contribution in [0.3, 0.4) is 0 Å². The lowest BCUT2D eigenvalue weighted by atomic mass is 9.93. The van der Waals surface area contributed by atoms with Crippen molar-refractivity contribution in [3.8, 4) is 0 Å². The van der Waals surface area contributed by atoms with Gasteiger partial charge in [0.05, 0.1) is 5.92 Å². The number of rotatable bonds is 4. The van der Waals surface area contributed by atoms with E-state index in [4.69, 9.17) is 4.74 Å². The summed E-state index contributed by atoms with van der Waals surface area (Å²) in [6.07, 6.45) is 5.50. The number of amides is 1. The molecule has 1 aromatic carbocycles. The second kappa shape index (κ2) is 7.24. The number of carbonyl (C=O) groups excluding carboxylic acids is 1. The molecule has 3 saturated heterocycles. The highest BCUT2D eigenvalue weighted by molar-refractivity contribution is 5.80. The number of hydrogen-bond donors (Lipinski definition) is 1. The first-order valence-electron chi connectivity index (χ1n) is 9.49. The molecule has 3 fully saturated rings. The largest absolute Gasteiger partial charge is 0.381 e. The van der Waals surface area contributed by atoms with Gasteiger partial charge in [0.25, 0.3) is 0 Å². The second-order valence-corrected chi connectivity index (χ2v) is 7.52. The average Bonchev–Trinajstić information content (AvgIpc) is 3.24. The van der Waals surface area contributed by atoms with Crippen LogP contribution in [0.5, 0.6) is 0 Å². The summed E-state index contributed by atoms with van der Waals surface area (Å²) in [7, 11) is 0. The van der Waals surface area contributed by atoms with E-state index < -0.39 is 0 Å². The van der Waals surface area contributed by atoms with Crippen LogP contribution in [-0.4, -0.2) is 43.2 Å². The van der Waals surface area contributed by atoms with E-state index in [2.05, 4.69) is 40.5 Å². The van der Waals surface area contributed by atoms with Gasteiger partial charge in [0.15, 0.2) is 0 Å². The molecule has 4 heteroatoms. The van der Waals surface area contributed by atoms with Crippen molar-refractivity contribution in [3.05, 3.63) is 35.9 Å². The van der Waals surface area contributed by atoms with Crippen LogP contribution >= 0.6 is 0 Å². The van der Waals surface area contributed by atoms with Crippen molar-refractivity contribution in [2.75, 3.05) is 26.3 Å². The van der Waals surface area contributed by atoms with Crippen LogP contribution in [0.1, 0.15) is 43.7 Å². The van der Waals surface area contributed by atoms with Crippen molar-refractivity contribution in [2.24, 2.45) is 11.8 Å². The summed E-state index contributed by atoms with van der Waals surface area (Å²) in [5.74, 6) is 1.02. The molecule has 24 heavy (non-hydrogen) atoms. The maximum atomic E-state index is 12.8. The summed E-state index contributed by atoms with van der Waals surface area (Å²) in [6, 6.07) is 11.6. The summed E-state index contributed by atoms with van der Waals surface area (Å²) in [5.41, 5.74) is 1.36. The third-order valence-corrected chi connectivity index (χ3v) is 6.11. The minimum atomic E-state index is 0.151. The summed E-state index contributed by atoms with van der Waals surface area (Å²) in [4.78, 5) is 15.4. The molecule has 130 valence electrons. The lowest BCUT2D eigenvalue weighted by Crippen LogP contribution is -2.40. The summed E-state index contributed by atoms with van der Waals surface area (Å²) in [5, 5.41) is 3.26. The first kappa shape index (κ1) is 16.1. The Bertz CT molecular complexity index is 556. The molecule has 3 atom stereocenters. The van der Waals surface area contributed by atoms with Gasteiger partial charge in [0, 0.05) is 31.8 Å². The lowest BCUT2D eigenvalue weighted by Gasteiger charge is -2.25. The Morgan fingerprint density at radius 1 is 1.17 bits per heavy atom. The number of benzene rings is 1. The van der Waals surface area contributed by atoms with Gasteiger partial charge in [0.2, 0.25) is 5.91 Å². The molecule has 0 bridgehead atoms. The Balaban J connectivity index is 1.40. The smallest absolute Gasteiger partial charge is 0.224 e. The molecule has 0 unspecified atom stereocenters. The lowest BCUT2D eigenvalue weighted by molar-refractivity contribution is -0.125. The Morgan fingerprint density at radius 3 is 2.75 bits per heavy atom. The molecule has 0 aliphatic carbocycles. The third-order valence-electron chi connectivity index (χ3n) is 6.11. The van der Waals surface area contributed by atoms with Crippen molar-refractivity contribution in [1.29, 1.82) is 0 Å². The molecule has 1 N–H and O–H groups in total. The summed E-state index contributed by atoms with van der Waals surface area (Å²) >= 11 is 0. The van der Waals surface area contributed by atoms with Gasteiger partial charge in [-0.05, 0) is 50.1 Å².